The third-order valence-electron chi connectivity index (χ3n) is 3.19. The van der Waals surface area contributed by atoms with E-state index in [2.05, 4.69) is 15.6 Å². The van der Waals surface area contributed by atoms with Crippen molar-refractivity contribution in [3.8, 4) is 0 Å². The van der Waals surface area contributed by atoms with E-state index in [1.165, 1.54) is 0 Å². The summed E-state index contributed by atoms with van der Waals surface area (Å²) in [6.45, 7) is 4.37. The van der Waals surface area contributed by atoms with Gasteiger partial charge in [0.25, 0.3) is 5.91 Å². The fourth-order valence-electron chi connectivity index (χ4n) is 1.87. The Labute approximate surface area is 95.6 Å². The molecule has 2 N–H and O–H groups in total. The number of methoxy groups -OCH3 is 1. The topological polar surface area (TPSA) is 62.7 Å². The molecule has 1 amide bonds. The second-order valence-corrected chi connectivity index (χ2v) is 4.85. The third kappa shape index (κ3) is 1.91. The first-order valence-electron chi connectivity index (χ1n) is 5.75. The molecule has 2 fully saturated rings. The third-order valence-corrected chi connectivity index (χ3v) is 3.19. The highest BCUT2D eigenvalue weighted by molar-refractivity contribution is 6.09. The van der Waals surface area contributed by atoms with Crippen LogP contribution in [0.3, 0.4) is 0 Å². The monoisotopic (exact) mass is 225 g/mol. The number of hydrogen-bond acceptors (Lipinski definition) is 3. The summed E-state index contributed by atoms with van der Waals surface area (Å²) in [7, 11) is 1.61. The van der Waals surface area contributed by atoms with Crippen molar-refractivity contribution in [3.63, 3.8) is 0 Å². The molecule has 0 radical (unpaired) electrons. The average molecular weight is 225 g/mol. The van der Waals surface area contributed by atoms with Gasteiger partial charge < -0.3 is 10.1 Å². The van der Waals surface area contributed by atoms with E-state index in [-0.39, 0.29) is 11.8 Å². The van der Waals surface area contributed by atoms with Crippen LogP contribution in [0.25, 0.3) is 0 Å². The van der Waals surface area contributed by atoms with Gasteiger partial charge in [-0.3, -0.25) is 10.1 Å². The van der Waals surface area contributed by atoms with E-state index in [0.717, 1.165) is 12.8 Å². The molecule has 5 nitrogen and oxygen atoms in total. The lowest BCUT2D eigenvalue weighted by molar-refractivity contribution is -0.127. The SMILES string of the molecule is COCC1(C(C)C)NC(=NC2CC2)NC1=O. The summed E-state index contributed by atoms with van der Waals surface area (Å²) in [5.41, 5.74) is -0.664. The van der Waals surface area contributed by atoms with Crippen LogP contribution in [0, 0.1) is 5.92 Å². The standard InChI is InChI=1S/C11H19N3O2/c1-7(2)11(6-16-3)9(15)13-10(14-11)12-8-4-5-8/h7-8H,4-6H2,1-3H3,(H2,12,13,14,15). The smallest absolute Gasteiger partial charge is 0.255 e. The number of guanidine groups is 1. The van der Waals surface area contributed by atoms with Crippen LogP contribution < -0.4 is 10.6 Å². The van der Waals surface area contributed by atoms with Gasteiger partial charge in [-0.2, -0.15) is 0 Å². The number of rotatable bonds is 4. The molecule has 2 aliphatic rings. The van der Waals surface area contributed by atoms with Crippen LogP contribution in [0.2, 0.25) is 0 Å². The molecule has 1 atom stereocenters. The quantitative estimate of drug-likeness (QED) is 0.721. The fourth-order valence-corrected chi connectivity index (χ4v) is 1.87. The minimum atomic E-state index is -0.664. The van der Waals surface area contributed by atoms with Crippen molar-refractivity contribution in [3.05, 3.63) is 0 Å². The molecule has 1 unspecified atom stereocenters. The Balaban J connectivity index is 2.16. The predicted octanol–water partition coefficient (Wildman–Crippen LogP) is 0.265. The molecular weight excluding hydrogens is 206 g/mol. The summed E-state index contributed by atoms with van der Waals surface area (Å²) in [4.78, 5) is 16.4. The van der Waals surface area contributed by atoms with Crippen molar-refractivity contribution >= 4 is 11.9 Å². The number of hydrogen-bond donors (Lipinski definition) is 2. The molecule has 0 spiro atoms. The van der Waals surface area contributed by atoms with Gasteiger partial charge in [0.2, 0.25) is 0 Å². The molecule has 1 heterocycles. The van der Waals surface area contributed by atoms with E-state index in [1.54, 1.807) is 7.11 Å². The largest absolute Gasteiger partial charge is 0.382 e. The van der Waals surface area contributed by atoms with Gasteiger partial charge in [-0.1, -0.05) is 13.8 Å². The van der Waals surface area contributed by atoms with Crippen LogP contribution >= 0.6 is 0 Å². The molecule has 16 heavy (non-hydrogen) atoms. The van der Waals surface area contributed by atoms with Gasteiger partial charge >= 0.3 is 0 Å². The maximum atomic E-state index is 12.0. The predicted molar refractivity (Wildman–Crippen MR) is 61.2 cm³/mol. The molecule has 0 aromatic carbocycles. The Morgan fingerprint density at radius 3 is 2.75 bits per heavy atom. The summed E-state index contributed by atoms with van der Waals surface area (Å²) in [5, 5.41) is 5.99. The van der Waals surface area contributed by atoms with Gasteiger partial charge in [-0.25, -0.2) is 4.99 Å². The molecule has 2 rings (SSSR count). The van der Waals surface area contributed by atoms with Crippen LogP contribution in [-0.2, 0) is 9.53 Å². The van der Waals surface area contributed by atoms with Crippen molar-refractivity contribution in [2.45, 2.75) is 38.3 Å². The minimum Gasteiger partial charge on any atom is -0.382 e. The lowest BCUT2D eigenvalue weighted by Crippen LogP contribution is -2.55. The molecule has 0 aromatic rings. The zero-order valence-corrected chi connectivity index (χ0v) is 10.0. The van der Waals surface area contributed by atoms with Gasteiger partial charge in [0.15, 0.2) is 5.96 Å². The first-order chi connectivity index (χ1) is 7.58. The second kappa shape index (κ2) is 4.05. The van der Waals surface area contributed by atoms with Gasteiger partial charge in [0.1, 0.15) is 5.54 Å². The van der Waals surface area contributed by atoms with Crippen molar-refractivity contribution < 1.29 is 9.53 Å². The Morgan fingerprint density at radius 2 is 2.25 bits per heavy atom. The van der Waals surface area contributed by atoms with Crippen molar-refractivity contribution in [2.24, 2.45) is 10.9 Å². The zero-order chi connectivity index (χ0) is 11.8. The normalized spacial score (nSPS) is 32.0. The first-order valence-corrected chi connectivity index (χ1v) is 5.75. The Kier molecular flexibility index (Phi) is 2.88. The van der Waals surface area contributed by atoms with Crippen molar-refractivity contribution in [1.82, 2.24) is 10.6 Å². The maximum absolute atomic E-state index is 12.0. The summed E-state index contributed by atoms with van der Waals surface area (Å²) in [6, 6.07) is 0.397. The Hall–Kier alpha value is -1.10. The lowest BCUT2D eigenvalue weighted by Gasteiger charge is -2.29. The highest BCUT2D eigenvalue weighted by Crippen LogP contribution is 2.26. The van der Waals surface area contributed by atoms with E-state index >= 15 is 0 Å². The number of carbonyl (C=O) groups is 1. The highest BCUT2D eigenvalue weighted by atomic mass is 16.5. The number of amides is 1. The summed E-state index contributed by atoms with van der Waals surface area (Å²) >= 11 is 0. The van der Waals surface area contributed by atoms with E-state index in [9.17, 15) is 4.79 Å². The van der Waals surface area contributed by atoms with Crippen LogP contribution in [0.4, 0.5) is 0 Å². The van der Waals surface area contributed by atoms with Crippen LogP contribution in [0.15, 0.2) is 4.99 Å². The van der Waals surface area contributed by atoms with E-state index < -0.39 is 5.54 Å². The number of aliphatic imine (C=N–C) groups is 1. The highest BCUT2D eigenvalue weighted by Gasteiger charge is 2.48. The molecular formula is C11H19N3O2. The zero-order valence-electron chi connectivity index (χ0n) is 10.0. The molecule has 1 aliphatic carbocycles. The van der Waals surface area contributed by atoms with Gasteiger partial charge in [-0.05, 0) is 18.8 Å². The molecule has 5 heteroatoms. The molecule has 0 bridgehead atoms. The fraction of sp³-hybridized carbons (Fsp3) is 0.818. The molecule has 1 aliphatic heterocycles. The summed E-state index contributed by atoms with van der Waals surface area (Å²) in [5.74, 6) is 0.723. The molecule has 1 saturated carbocycles. The van der Waals surface area contributed by atoms with E-state index in [4.69, 9.17) is 4.74 Å². The van der Waals surface area contributed by atoms with Gasteiger partial charge in [0.05, 0.1) is 12.6 Å². The number of nitrogens with zero attached hydrogens (tertiary/aromatic N) is 1. The molecule has 1 saturated heterocycles. The minimum absolute atomic E-state index is 0.0382. The maximum Gasteiger partial charge on any atom is 0.255 e. The Bertz CT molecular complexity index is 323. The second-order valence-electron chi connectivity index (χ2n) is 4.85. The van der Waals surface area contributed by atoms with Gasteiger partial charge in [0, 0.05) is 7.11 Å². The van der Waals surface area contributed by atoms with Crippen LogP contribution in [0.1, 0.15) is 26.7 Å². The van der Waals surface area contributed by atoms with Crippen molar-refractivity contribution in [1.29, 1.82) is 0 Å². The van der Waals surface area contributed by atoms with Crippen molar-refractivity contribution in [2.75, 3.05) is 13.7 Å². The molecule has 0 aromatic heterocycles. The number of carbonyl (C=O) groups excluding carboxylic acids is 1. The number of ether oxygens (including phenoxy) is 1. The Morgan fingerprint density at radius 1 is 1.56 bits per heavy atom. The molecule has 90 valence electrons. The number of nitrogens with one attached hydrogen (secondary N) is 2. The summed E-state index contributed by atoms with van der Waals surface area (Å²) < 4.78 is 5.15. The van der Waals surface area contributed by atoms with Crippen LogP contribution in [0.5, 0.6) is 0 Å². The van der Waals surface area contributed by atoms with E-state index in [0.29, 0.717) is 18.6 Å². The average Bonchev–Trinajstić information content (AvgIpc) is 2.94. The summed E-state index contributed by atoms with van der Waals surface area (Å²) in [6.07, 6.45) is 2.25. The van der Waals surface area contributed by atoms with Crippen LogP contribution in [-0.4, -0.2) is 37.2 Å². The first kappa shape index (κ1) is 11.4. The lowest BCUT2D eigenvalue weighted by atomic mass is 9.87. The van der Waals surface area contributed by atoms with E-state index in [1.807, 2.05) is 13.8 Å². The van der Waals surface area contributed by atoms with Gasteiger partial charge in [-0.15, -0.1) is 0 Å².